The van der Waals surface area contributed by atoms with Gasteiger partial charge in [-0.2, -0.15) is 0 Å². The van der Waals surface area contributed by atoms with Crippen LogP contribution < -0.4 is 9.80 Å². The third-order valence-corrected chi connectivity index (χ3v) is 10.0. The van der Waals surface area contributed by atoms with Crippen LogP contribution in [0.15, 0.2) is 54.9 Å². The number of carbonyl (C=O) groups excluding carboxylic acids is 1. The topological polar surface area (TPSA) is 101 Å². The summed E-state index contributed by atoms with van der Waals surface area (Å²) < 4.78 is 6.24. The average molecular weight is 651 g/mol. The molecule has 7 heterocycles. The van der Waals surface area contributed by atoms with Gasteiger partial charge in [0.05, 0.1) is 25.5 Å². The van der Waals surface area contributed by atoms with Gasteiger partial charge in [0.25, 0.3) is 0 Å². The molecule has 12 heteroatoms. The lowest BCUT2D eigenvalue weighted by Crippen LogP contribution is -2.56. The van der Waals surface area contributed by atoms with E-state index in [2.05, 4.69) is 62.7 Å². The minimum Gasteiger partial charge on any atom is -0.395 e. The Kier molecular flexibility index (Phi) is 11.5. The summed E-state index contributed by atoms with van der Waals surface area (Å²) in [6.45, 7) is 5.71. The Morgan fingerprint density at radius 2 is 1.80 bits per heavy atom. The van der Waals surface area contributed by atoms with E-state index in [-0.39, 0.29) is 18.6 Å². The second kappa shape index (κ2) is 15.5. The molecule has 1 N–H and O–H groups in total. The number of benzene rings is 1. The van der Waals surface area contributed by atoms with Crippen molar-refractivity contribution in [1.82, 2.24) is 29.7 Å². The smallest absolute Gasteiger partial charge is 0.236 e. The van der Waals surface area contributed by atoms with E-state index in [1.165, 1.54) is 0 Å². The maximum absolute atomic E-state index is 13.1. The molecule has 0 spiro atoms. The molecular weight excluding hydrogens is 600 g/mol. The molecule has 11 nitrogen and oxygen atoms in total. The van der Waals surface area contributed by atoms with Crippen molar-refractivity contribution in [3.63, 3.8) is 0 Å². The van der Waals surface area contributed by atoms with Gasteiger partial charge in [-0.05, 0) is 61.1 Å². The summed E-state index contributed by atoms with van der Waals surface area (Å²) in [6, 6.07) is 14.3. The number of ether oxygens (including phenoxy) is 1. The zero-order valence-corrected chi connectivity index (χ0v) is 28.8. The molecule has 3 aromatic rings. The number of anilines is 3. The lowest BCUT2D eigenvalue weighted by Gasteiger charge is -2.41. The molecule has 0 aliphatic carbocycles. The van der Waals surface area contributed by atoms with E-state index in [4.69, 9.17) is 14.7 Å². The van der Waals surface area contributed by atoms with Crippen LogP contribution in [0.5, 0.6) is 0 Å². The molecule has 1 saturated heterocycles. The first kappa shape index (κ1) is 34.1. The molecule has 1 aromatic carbocycles. The Labute approximate surface area is 275 Å². The van der Waals surface area contributed by atoms with Crippen LogP contribution >= 0.6 is 10.0 Å². The van der Waals surface area contributed by atoms with E-state index >= 15 is 0 Å². The molecule has 0 saturated carbocycles. The first-order chi connectivity index (χ1) is 22.1. The Morgan fingerprint density at radius 1 is 0.978 bits per heavy atom. The predicted molar refractivity (Wildman–Crippen MR) is 188 cm³/mol. The number of rotatable bonds is 6. The minimum absolute atomic E-state index is 0.0384. The molecule has 2 aromatic heterocycles. The number of aliphatic hydroxyl groups is 1. The van der Waals surface area contributed by atoms with Crippen LogP contribution in [0.1, 0.15) is 12.0 Å². The summed E-state index contributed by atoms with van der Waals surface area (Å²) >= 11 is 0. The summed E-state index contributed by atoms with van der Waals surface area (Å²) in [6.07, 6.45) is 11.4. The maximum atomic E-state index is 13.1. The molecule has 46 heavy (non-hydrogen) atoms. The number of nitrogens with zero attached hydrogens (tertiary/aromatic N) is 8. The van der Waals surface area contributed by atoms with Crippen molar-refractivity contribution in [3.05, 3.63) is 60.4 Å². The second-order valence-corrected chi connectivity index (χ2v) is 17.8. The second-order valence-electron chi connectivity index (χ2n) is 13.2. The highest BCUT2D eigenvalue weighted by atomic mass is 32.3. The number of hydrogen-bond acceptors (Lipinski definition) is 10. The van der Waals surface area contributed by atoms with Crippen molar-refractivity contribution in [2.75, 3.05) is 108 Å². The molecule has 5 aliphatic rings. The van der Waals surface area contributed by atoms with E-state index in [0.29, 0.717) is 45.5 Å². The first-order valence-corrected chi connectivity index (χ1v) is 19.0. The van der Waals surface area contributed by atoms with Gasteiger partial charge in [-0.25, -0.2) is 25.0 Å². The Morgan fingerprint density at radius 3 is 2.57 bits per heavy atom. The van der Waals surface area contributed by atoms with Gasteiger partial charge >= 0.3 is 0 Å². The summed E-state index contributed by atoms with van der Waals surface area (Å²) in [5.74, 6) is 2.56. The average Bonchev–Trinajstić information content (AvgIpc) is 3.04. The van der Waals surface area contributed by atoms with Crippen molar-refractivity contribution in [2.24, 2.45) is 0 Å². The van der Waals surface area contributed by atoms with Gasteiger partial charge in [-0.1, -0.05) is 12.1 Å². The highest BCUT2D eigenvalue weighted by Gasteiger charge is 2.28. The van der Waals surface area contributed by atoms with Gasteiger partial charge < -0.3 is 19.6 Å². The summed E-state index contributed by atoms with van der Waals surface area (Å²) in [7, 11) is 3.21. The van der Waals surface area contributed by atoms with E-state index in [0.717, 1.165) is 60.1 Å². The predicted octanol–water partition coefficient (Wildman–Crippen LogP) is 3.12. The fourth-order valence-electron chi connectivity index (χ4n) is 5.75. The Balaban J connectivity index is 1.47. The number of pyridine rings is 1. The largest absolute Gasteiger partial charge is 0.395 e. The van der Waals surface area contributed by atoms with Crippen LogP contribution in [0.4, 0.5) is 17.5 Å². The maximum Gasteiger partial charge on any atom is 0.236 e. The fraction of sp³-hybridized carbons (Fsp3) is 0.529. The van der Waals surface area contributed by atoms with Gasteiger partial charge in [-0.3, -0.25) is 19.5 Å². The number of hydrogen-bond donors (Lipinski definition) is 1. The van der Waals surface area contributed by atoms with E-state index < -0.39 is 10.0 Å². The van der Waals surface area contributed by atoms with Crippen molar-refractivity contribution < 1.29 is 14.6 Å². The first-order valence-electron chi connectivity index (χ1n) is 16.0. The van der Waals surface area contributed by atoms with Crippen LogP contribution in [0.2, 0.25) is 0 Å². The van der Waals surface area contributed by atoms with Crippen molar-refractivity contribution in [2.45, 2.75) is 19.0 Å². The number of aromatic nitrogens is 3. The molecular formula is C34H50N8O3S. The lowest BCUT2D eigenvalue weighted by atomic mass is 10.1. The number of amides is 1. The lowest BCUT2D eigenvalue weighted by molar-refractivity contribution is -0.132. The highest BCUT2D eigenvalue weighted by molar-refractivity contribution is 8.32. The van der Waals surface area contributed by atoms with Crippen LogP contribution in [-0.2, 0) is 16.1 Å². The summed E-state index contributed by atoms with van der Waals surface area (Å²) in [4.78, 5) is 37.9. The third kappa shape index (κ3) is 9.16. The molecule has 250 valence electrons. The van der Waals surface area contributed by atoms with Gasteiger partial charge in [0, 0.05) is 88.8 Å². The van der Waals surface area contributed by atoms with E-state index in [9.17, 15) is 9.90 Å². The minimum atomic E-state index is -0.684. The summed E-state index contributed by atoms with van der Waals surface area (Å²) in [5.41, 5.74) is 3.76. The highest BCUT2D eigenvalue weighted by Crippen LogP contribution is 2.34. The monoisotopic (exact) mass is 650 g/mol. The van der Waals surface area contributed by atoms with Crippen molar-refractivity contribution in [3.8, 4) is 11.3 Å². The number of aliphatic hydroxyl groups excluding tert-OH is 1. The Hall–Kier alpha value is -3.29. The molecule has 0 radical (unpaired) electrons. The van der Waals surface area contributed by atoms with E-state index in [1.54, 1.807) is 6.20 Å². The standard InChI is InChI=1S/C34H50N8O3S/c1-38-14-7-15-39(2)33(44)24-40-16-17-41(30(23-40)25-43)22-27-8-6-9-29(20-27)42(26-45-18-19-46(3,4)5)34-35-13-12-31(37-34)28-10-11-32(38)36-21-28/h6,8-13,20-21,30,43H,7,14-19,22-26H2,1-5H3. The van der Waals surface area contributed by atoms with Crippen molar-refractivity contribution >= 4 is 33.4 Å². The van der Waals surface area contributed by atoms with Gasteiger partial charge in [0.1, 0.15) is 12.5 Å². The molecule has 8 bridgehead atoms. The number of likely N-dealkylation sites (N-methyl/N-ethyl adjacent to an activating group) is 1. The number of carbonyl (C=O) groups is 1. The molecule has 5 aliphatic heterocycles. The quantitative estimate of drug-likeness (QED) is 0.401. The normalized spacial score (nSPS) is 21.9. The Bertz CT molecular complexity index is 1440. The number of piperazine rings is 1. The zero-order valence-electron chi connectivity index (χ0n) is 28.0. The fourth-order valence-corrected chi connectivity index (χ4v) is 6.37. The van der Waals surface area contributed by atoms with E-state index in [1.807, 2.05) is 48.3 Å². The van der Waals surface area contributed by atoms with Crippen LogP contribution in [-0.4, -0.2) is 145 Å². The van der Waals surface area contributed by atoms with Crippen LogP contribution in [0, 0.1) is 0 Å². The molecule has 8 rings (SSSR count). The van der Waals surface area contributed by atoms with Crippen LogP contribution in [0.3, 0.4) is 0 Å². The van der Waals surface area contributed by atoms with Crippen molar-refractivity contribution in [1.29, 1.82) is 0 Å². The third-order valence-electron chi connectivity index (χ3n) is 8.66. The molecule has 3 unspecified atom stereocenters. The van der Waals surface area contributed by atoms with Gasteiger partial charge in [0.2, 0.25) is 11.9 Å². The van der Waals surface area contributed by atoms with Gasteiger partial charge in [0.15, 0.2) is 0 Å². The molecule has 1 amide bonds. The SMILES string of the molecule is CN1CCCN(C)c2ccc(cn2)-c2ccnc(n2)N(COCCS(C)(C)C)c2cccc(c2)CN2CCN(CC1=O)CC2CO. The molecule has 1 fully saturated rings. The summed E-state index contributed by atoms with van der Waals surface area (Å²) in [5, 5.41) is 10.3. The van der Waals surface area contributed by atoms with Gasteiger partial charge in [-0.15, -0.1) is 0 Å². The molecule has 3 atom stereocenters. The van der Waals surface area contributed by atoms with Crippen LogP contribution in [0.25, 0.3) is 11.3 Å². The zero-order chi connectivity index (χ0) is 32.7.